The van der Waals surface area contributed by atoms with Crippen molar-refractivity contribution in [2.24, 2.45) is 29.6 Å². The third-order valence-electron chi connectivity index (χ3n) is 6.88. The zero-order valence-corrected chi connectivity index (χ0v) is 19.2. The molecule has 5 heteroatoms. The number of rotatable bonds is 12. The molecular formula is C25H42O5. The number of ether oxygens (including phenoxy) is 1. The number of hydrogen-bond donors (Lipinski definition) is 3. The van der Waals surface area contributed by atoms with E-state index in [1.807, 2.05) is 13.0 Å². The average molecular weight is 423 g/mol. The highest BCUT2D eigenvalue weighted by atomic mass is 16.5. The number of aliphatic carboxylic acids is 1. The van der Waals surface area contributed by atoms with Crippen LogP contribution in [0.3, 0.4) is 0 Å². The maximum Gasteiger partial charge on any atom is 0.329 e. The minimum atomic E-state index is -0.926. The van der Waals surface area contributed by atoms with Gasteiger partial charge in [0.05, 0.1) is 11.7 Å². The van der Waals surface area contributed by atoms with E-state index in [0.29, 0.717) is 30.3 Å². The largest absolute Gasteiger partial charge is 0.480 e. The third kappa shape index (κ3) is 8.16. The summed E-state index contributed by atoms with van der Waals surface area (Å²) in [6.07, 6.45) is 12.6. The first-order valence-corrected chi connectivity index (χ1v) is 11.6. The summed E-state index contributed by atoms with van der Waals surface area (Å²) in [5.74, 6) is 1.12. The number of carbonyl (C=O) groups is 1. The molecule has 0 spiro atoms. The fourth-order valence-electron chi connectivity index (χ4n) is 5.54. The Bertz CT molecular complexity index is 605. The quantitative estimate of drug-likeness (QED) is 0.316. The van der Waals surface area contributed by atoms with Crippen LogP contribution in [0.2, 0.25) is 0 Å². The summed E-state index contributed by atoms with van der Waals surface area (Å²) >= 11 is 0. The molecule has 172 valence electrons. The monoisotopic (exact) mass is 422 g/mol. The van der Waals surface area contributed by atoms with Crippen LogP contribution in [0, 0.1) is 29.6 Å². The molecule has 5 nitrogen and oxygen atoms in total. The summed E-state index contributed by atoms with van der Waals surface area (Å²) in [7, 11) is 0. The van der Waals surface area contributed by atoms with Gasteiger partial charge in [-0.1, -0.05) is 30.7 Å². The minimum Gasteiger partial charge on any atom is -0.480 e. The van der Waals surface area contributed by atoms with Gasteiger partial charge in [-0.2, -0.15) is 0 Å². The number of allylic oxidation sites excluding steroid dienone is 2. The molecule has 0 amide bonds. The van der Waals surface area contributed by atoms with Gasteiger partial charge in [-0.15, -0.1) is 0 Å². The lowest BCUT2D eigenvalue weighted by molar-refractivity contribution is -0.142. The van der Waals surface area contributed by atoms with E-state index < -0.39 is 11.6 Å². The van der Waals surface area contributed by atoms with Crippen molar-refractivity contribution in [3.8, 4) is 0 Å². The molecule has 2 rings (SSSR count). The molecular weight excluding hydrogens is 380 g/mol. The molecule has 0 saturated heterocycles. The van der Waals surface area contributed by atoms with E-state index in [1.54, 1.807) is 0 Å². The van der Waals surface area contributed by atoms with Gasteiger partial charge in [-0.25, -0.2) is 4.79 Å². The van der Waals surface area contributed by atoms with E-state index in [1.165, 1.54) is 5.57 Å². The van der Waals surface area contributed by atoms with Crippen LogP contribution in [0.4, 0.5) is 0 Å². The van der Waals surface area contributed by atoms with Crippen LogP contribution >= 0.6 is 0 Å². The van der Waals surface area contributed by atoms with Gasteiger partial charge >= 0.3 is 5.97 Å². The molecule has 0 bridgehead atoms. The molecule has 0 aromatic heterocycles. The molecule has 0 aliphatic heterocycles. The molecule has 0 aromatic carbocycles. The summed E-state index contributed by atoms with van der Waals surface area (Å²) in [6.45, 7) is 8.54. The van der Waals surface area contributed by atoms with Crippen LogP contribution in [0.5, 0.6) is 0 Å². The Hall–Kier alpha value is -1.17. The molecule has 0 radical (unpaired) electrons. The Kier molecular flexibility index (Phi) is 9.58. The van der Waals surface area contributed by atoms with E-state index in [0.717, 1.165) is 44.9 Å². The summed E-state index contributed by atoms with van der Waals surface area (Å²) in [6, 6.07) is 0. The predicted octanol–water partition coefficient (Wildman–Crippen LogP) is 4.58. The van der Waals surface area contributed by atoms with Crippen molar-refractivity contribution < 1.29 is 24.9 Å². The highest BCUT2D eigenvalue weighted by Gasteiger charge is 2.46. The zero-order chi connectivity index (χ0) is 22.3. The highest BCUT2D eigenvalue weighted by Crippen LogP contribution is 2.51. The Labute approximate surface area is 182 Å². The minimum absolute atomic E-state index is 0.104. The summed E-state index contributed by atoms with van der Waals surface area (Å²) < 4.78 is 5.20. The fraction of sp³-hybridized carbons (Fsp3) is 0.800. The van der Waals surface area contributed by atoms with Gasteiger partial charge in [-0.3, -0.25) is 0 Å². The van der Waals surface area contributed by atoms with Gasteiger partial charge in [0.2, 0.25) is 0 Å². The first-order valence-electron chi connectivity index (χ1n) is 11.6. The molecule has 30 heavy (non-hydrogen) atoms. The third-order valence-corrected chi connectivity index (χ3v) is 6.88. The smallest absolute Gasteiger partial charge is 0.329 e. The molecule has 3 N–H and O–H groups in total. The molecule has 2 aliphatic carbocycles. The summed E-state index contributed by atoms with van der Waals surface area (Å²) in [4.78, 5) is 10.5. The molecule has 0 aromatic rings. The van der Waals surface area contributed by atoms with Crippen LogP contribution in [-0.2, 0) is 9.53 Å². The molecule has 2 saturated carbocycles. The van der Waals surface area contributed by atoms with Gasteiger partial charge in [0.25, 0.3) is 0 Å². The Morgan fingerprint density at radius 3 is 2.67 bits per heavy atom. The lowest BCUT2D eigenvalue weighted by atomic mass is 9.85. The highest BCUT2D eigenvalue weighted by molar-refractivity contribution is 5.67. The molecule has 3 unspecified atom stereocenters. The van der Waals surface area contributed by atoms with E-state index in [4.69, 9.17) is 9.84 Å². The lowest BCUT2D eigenvalue weighted by Gasteiger charge is -2.25. The van der Waals surface area contributed by atoms with Crippen molar-refractivity contribution in [2.75, 3.05) is 13.2 Å². The maximum atomic E-state index is 10.9. The second kappa shape index (κ2) is 11.4. The number of hydrogen-bond acceptors (Lipinski definition) is 4. The van der Waals surface area contributed by atoms with Crippen molar-refractivity contribution in [2.45, 2.75) is 84.3 Å². The van der Waals surface area contributed by atoms with E-state index in [2.05, 4.69) is 32.9 Å². The van der Waals surface area contributed by atoms with Gasteiger partial charge < -0.3 is 20.1 Å². The van der Waals surface area contributed by atoms with Crippen molar-refractivity contribution in [1.29, 1.82) is 0 Å². The van der Waals surface area contributed by atoms with E-state index >= 15 is 0 Å². The van der Waals surface area contributed by atoms with Crippen molar-refractivity contribution in [1.82, 2.24) is 0 Å². The van der Waals surface area contributed by atoms with Crippen LogP contribution in [0.25, 0.3) is 0 Å². The number of aliphatic hydroxyl groups is 2. The van der Waals surface area contributed by atoms with Crippen molar-refractivity contribution >= 4 is 5.97 Å². The number of fused-ring (bicyclic) bond motifs is 1. The van der Waals surface area contributed by atoms with Gasteiger partial charge in [-0.05, 0) is 89.4 Å². The summed E-state index contributed by atoms with van der Waals surface area (Å²) in [5.41, 5.74) is 0.479. The first-order chi connectivity index (χ1) is 14.1. The zero-order valence-electron chi connectivity index (χ0n) is 19.2. The average Bonchev–Trinajstić information content (AvgIpc) is 3.12. The lowest BCUT2D eigenvalue weighted by Crippen LogP contribution is -2.26. The fourth-order valence-corrected chi connectivity index (χ4v) is 5.54. The molecule has 7 atom stereocenters. The second-order valence-corrected chi connectivity index (χ2v) is 10.3. The second-order valence-electron chi connectivity index (χ2n) is 10.3. The van der Waals surface area contributed by atoms with E-state index in [-0.39, 0.29) is 18.6 Å². The van der Waals surface area contributed by atoms with Gasteiger partial charge in [0.1, 0.15) is 6.61 Å². The normalized spacial score (nSPS) is 31.5. The van der Waals surface area contributed by atoms with Crippen molar-refractivity contribution in [3.05, 3.63) is 23.8 Å². The van der Waals surface area contributed by atoms with Crippen LogP contribution in [0.1, 0.15) is 72.6 Å². The number of aliphatic hydroxyl groups excluding tert-OH is 1. The number of carboxylic acids is 1. The standard InChI is InChI=1S/C25H42O5/c1-17(2)6-5-7-18(3)15-25(4,29)10-8-21-22-13-19(9-11-30-16-24(27)28)12-20(22)14-23(21)26/h6,8,10,18-23,26,29H,5,7,9,11-16H2,1-4H3,(H,27,28)/t18?,19?,20-,21-,22+,23-,25?/m0/s1. The van der Waals surface area contributed by atoms with Crippen molar-refractivity contribution in [3.63, 3.8) is 0 Å². The maximum absolute atomic E-state index is 10.9. The van der Waals surface area contributed by atoms with Crippen LogP contribution in [-0.4, -0.2) is 46.2 Å². The van der Waals surface area contributed by atoms with Gasteiger partial charge in [0, 0.05) is 12.5 Å². The molecule has 2 aliphatic rings. The number of carboxylic acid groups (broad SMARTS) is 1. The Morgan fingerprint density at radius 2 is 2.00 bits per heavy atom. The van der Waals surface area contributed by atoms with Crippen LogP contribution in [0.15, 0.2) is 23.8 Å². The first kappa shape index (κ1) is 25.1. The molecule has 2 fully saturated rings. The van der Waals surface area contributed by atoms with Crippen LogP contribution < -0.4 is 0 Å². The predicted molar refractivity (Wildman–Crippen MR) is 119 cm³/mol. The Balaban J connectivity index is 1.83. The topological polar surface area (TPSA) is 87.0 Å². The van der Waals surface area contributed by atoms with E-state index in [9.17, 15) is 15.0 Å². The van der Waals surface area contributed by atoms with Gasteiger partial charge in [0.15, 0.2) is 0 Å². The Morgan fingerprint density at radius 1 is 1.27 bits per heavy atom. The SMILES string of the molecule is CC(C)=CCCC(C)CC(C)(O)C=C[C@H]1[C@@H]2CC(CCOCC(=O)O)C[C@H]2C[C@@H]1O. The molecule has 0 heterocycles. The summed E-state index contributed by atoms with van der Waals surface area (Å²) in [5, 5.41) is 30.1.